The number of carbonyl (C=O) groups is 3. The highest BCUT2D eigenvalue weighted by molar-refractivity contribution is 6.07. The fourth-order valence-electron chi connectivity index (χ4n) is 5.78. The smallest absolute Gasteiger partial charge is 0.255 e. The van der Waals surface area contributed by atoms with E-state index in [4.69, 9.17) is 4.74 Å². The first-order valence-corrected chi connectivity index (χ1v) is 13.1. The van der Waals surface area contributed by atoms with Gasteiger partial charge >= 0.3 is 0 Å². The lowest BCUT2D eigenvalue weighted by atomic mass is 9.92. The van der Waals surface area contributed by atoms with Gasteiger partial charge in [0.15, 0.2) is 5.78 Å². The molecule has 1 atom stereocenters. The molecule has 1 fully saturated rings. The topological polar surface area (TPSA) is 66.9 Å². The summed E-state index contributed by atoms with van der Waals surface area (Å²) in [6.45, 7) is 3.23. The molecule has 6 rings (SSSR count). The van der Waals surface area contributed by atoms with E-state index in [2.05, 4.69) is 29.2 Å². The molecule has 3 aromatic carbocycles. The molecule has 0 N–H and O–H groups in total. The molecule has 0 spiro atoms. The van der Waals surface area contributed by atoms with Crippen molar-refractivity contribution >= 4 is 17.5 Å². The van der Waals surface area contributed by atoms with Gasteiger partial charge in [-0.25, -0.2) is 4.39 Å². The zero-order chi connectivity index (χ0) is 26.2. The van der Waals surface area contributed by atoms with Crippen LogP contribution >= 0.6 is 0 Å². The van der Waals surface area contributed by atoms with Gasteiger partial charge in [-0.2, -0.15) is 0 Å². The molecule has 2 aliphatic heterocycles. The second kappa shape index (κ2) is 10.1. The van der Waals surface area contributed by atoms with E-state index in [-0.39, 0.29) is 29.7 Å². The Kier molecular flexibility index (Phi) is 6.54. The second-order valence-electron chi connectivity index (χ2n) is 10.4. The van der Waals surface area contributed by atoms with Crippen LogP contribution in [0.25, 0.3) is 0 Å². The van der Waals surface area contributed by atoms with Gasteiger partial charge in [0.25, 0.3) is 5.91 Å². The van der Waals surface area contributed by atoms with Gasteiger partial charge in [-0.3, -0.25) is 19.3 Å². The van der Waals surface area contributed by atoms with Crippen molar-refractivity contribution in [2.75, 3.05) is 6.54 Å². The van der Waals surface area contributed by atoms with Gasteiger partial charge in [-0.05, 0) is 59.4 Å². The second-order valence-corrected chi connectivity index (χ2v) is 10.4. The molecule has 1 saturated carbocycles. The number of nitrogens with zero attached hydrogens (tertiary/aromatic N) is 2. The van der Waals surface area contributed by atoms with Gasteiger partial charge in [-0.1, -0.05) is 36.4 Å². The third kappa shape index (κ3) is 4.86. The van der Waals surface area contributed by atoms with Crippen molar-refractivity contribution in [3.63, 3.8) is 0 Å². The van der Waals surface area contributed by atoms with Crippen LogP contribution in [0, 0.1) is 5.82 Å². The number of ether oxygens (including phenoxy) is 1. The number of ketones is 2. The number of Topliss-reactive ketones (excluding diaryl/α,β-unsaturated/α-hetero) is 2. The predicted octanol–water partition coefficient (Wildman–Crippen LogP) is 4.61. The molecule has 38 heavy (non-hydrogen) atoms. The Balaban J connectivity index is 1.08. The quantitative estimate of drug-likeness (QED) is 0.452. The maximum atomic E-state index is 13.5. The van der Waals surface area contributed by atoms with Gasteiger partial charge in [0, 0.05) is 37.2 Å². The van der Waals surface area contributed by atoms with Gasteiger partial charge in [0.1, 0.15) is 24.0 Å². The number of hydrogen-bond donors (Lipinski definition) is 0. The third-order valence-electron chi connectivity index (χ3n) is 7.85. The van der Waals surface area contributed by atoms with E-state index in [0.29, 0.717) is 37.3 Å². The van der Waals surface area contributed by atoms with Crippen LogP contribution in [0.5, 0.6) is 5.75 Å². The van der Waals surface area contributed by atoms with Crippen molar-refractivity contribution in [3.8, 4) is 5.75 Å². The minimum atomic E-state index is -0.539. The molecular formula is C31H29FN2O4. The molecule has 1 aliphatic carbocycles. The Bertz CT molecular complexity index is 1420. The zero-order valence-electron chi connectivity index (χ0n) is 21.1. The first-order valence-electron chi connectivity index (χ1n) is 13.1. The van der Waals surface area contributed by atoms with Gasteiger partial charge in [0.2, 0.25) is 0 Å². The molecule has 0 radical (unpaired) electrons. The number of fused-ring (bicyclic) bond motifs is 2. The average Bonchev–Trinajstić information content (AvgIpc) is 3.25. The minimum Gasteiger partial charge on any atom is -0.489 e. The maximum Gasteiger partial charge on any atom is 0.255 e. The largest absolute Gasteiger partial charge is 0.489 e. The highest BCUT2D eigenvalue weighted by Crippen LogP contribution is 2.34. The standard InChI is InChI=1S/C31H29FN2O4/c32-24-9-8-23-17-33(13-12-22(23)14-24)16-20-4-6-21(7-5-20)19-38-30-3-1-2-26-27(30)18-34(31(26)37)28-11-10-25(35)15-29(28)36/h1-9,14,28H,10-13,15-19H2. The highest BCUT2D eigenvalue weighted by atomic mass is 19.1. The summed E-state index contributed by atoms with van der Waals surface area (Å²) in [7, 11) is 0. The molecule has 0 aromatic heterocycles. The van der Waals surface area contributed by atoms with Crippen LogP contribution in [0.15, 0.2) is 60.7 Å². The molecule has 6 nitrogen and oxygen atoms in total. The van der Waals surface area contributed by atoms with Crippen LogP contribution in [0.4, 0.5) is 4.39 Å². The van der Waals surface area contributed by atoms with Crippen molar-refractivity contribution in [2.24, 2.45) is 0 Å². The number of benzene rings is 3. The van der Waals surface area contributed by atoms with E-state index in [1.54, 1.807) is 23.1 Å². The summed E-state index contributed by atoms with van der Waals surface area (Å²) in [6, 6.07) is 18.3. The highest BCUT2D eigenvalue weighted by Gasteiger charge is 2.40. The number of carbonyl (C=O) groups excluding carboxylic acids is 3. The Morgan fingerprint density at radius 1 is 0.895 bits per heavy atom. The fraction of sp³-hybridized carbons (Fsp3) is 0.323. The summed E-state index contributed by atoms with van der Waals surface area (Å²) in [6.07, 6.45) is 1.49. The van der Waals surface area contributed by atoms with Crippen LogP contribution in [-0.2, 0) is 42.3 Å². The Morgan fingerprint density at radius 3 is 2.53 bits per heavy atom. The lowest BCUT2D eigenvalue weighted by molar-refractivity contribution is -0.133. The average molecular weight is 513 g/mol. The van der Waals surface area contributed by atoms with E-state index in [1.165, 1.54) is 17.2 Å². The first kappa shape index (κ1) is 24.5. The van der Waals surface area contributed by atoms with E-state index in [0.717, 1.165) is 42.7 Å². The molecule has 0 bridgehead atoms. The SMILES string of the molecule is O=C1CCC(N2Cc3c(OCc4ccc(CN5CCc6cc(F)ccc6C5)cc4)cccc3C2=O)C(=O)C1. The van der Waals surface area contributed by atoms with Gasteiger partial charge in [0.05, 0.1) is 19.0 Å². The molecule has 1 amide bonds. The number of amides is 1. The van der Waals surface area contributed by atoms with E-state index in [9.17, 15) is 18.8 Å². The predicted molar refractivity (Wildman–Crippen MR) is 139 cm³/mol. The molecule has 2 heterocycles. The van der Waals surface area contributed by atoms with Crippen molar-refractivity contribution < 1.29 is 23.5 Å². The first-order chi connectivity index (χ1) is 18.4. The Labute approximate surface area is 221 Å². The zero-order valence-corrected chi connectivity index (χ0v) is 21.1. The van der Waals surface area contributed by atoms with Crippen LogP contribution < -0.4 is 4.74 Å². The van der Waals surface area contributed by atoms with E-state index >= 15 is 0 Å². The van der Waals surface area contributed by atoms with E-state index in [1.807, 2.05) is 12.1 Å². The summed E-state index contributed by atoms with van der Waals surface area (Å²) in [4.78, 5) is 41.1. The van der Waals surface area contributed by atoms with E-state index < -0.39 is 6.04 Å². The molecule has 3 aliphatic rings. The molecule has 7 heteroatoms. The summed E-state index contributed by atoms with van der Waals surface area (Å²) >= 11 is 0. The lowest BCUT2D eigenvalue weighted by Crippen LogP contribution is -2.44. The van der Waals surface area contributed by atoms with Crippen molar-refractivity contribution in [1.29, 1.82) is 0 Å². The van der Waals surface area contributed by atoms with Crippen LogP contribution in [0.2, 0.25) is 0 Å². The third-order valence-corrected chi connectivity index (χ3v) is 7.85. The van der Waals surface area contributed by atoms with Crippen molar-refractivity contribution in [1.82, 2.24) is 9.80 Å². The Morgan fingerprint density at radius 2 is 1.71 bits per heavy atom. The number of rotatable bonds is 6. The fourth-order valence-corrected chi connectivity index (χ4v) is 5.78. The monoisotopic (exact) mass is 512 g/mol. The molecule has 1 unspecified atom stereocenters. The molecule has 3 aromatic rings. The van der Waals surface area contributed by atoms with Gasteiger partial charge in [-0.15, -0.1) is 0 Å². The van der Waals surface area contributed by atoms with Crippen molar-refractivity contribution in [2.45, 2.75) is 58.0 Å². The normalized spacial score (nSPS) is 19.4. The number of halogens is 1. The molecular weight excluding hydrogens is 483 g/mol. The maximum absolute atomic E-state index is 13.5. The summed E-state index contributed by atoms with van der Waals surface area (Å²) < 4.78 is 19.6. The summed E-state index contributed by atoms with van der Waals surface area (Å²) in [5.41, 5.74) is 5.88. The number of hydrogen-bond acceptors (Lipinski definition) is 5. The molecule has 194 valence electrons. The summed E-state index contributed by atoms with van der Waals surface area (Å²) in [5, 5.41) is 0. The summed E-state index contributed by atoms with van der Waals surface area (Å²) in [5.74, 6) is 0.0746. The minimum absolute atomic E-state index is 0.0524. The molecule has 0 saturated heterocycles. The van der Waals surface area contributed by atoms with Crippen LogP contribution in [0.1, 0.15) is 57.4 Å². The van der Waals surface area contributed by atoms with Gasteiger partial charge < -0.3 is 9.64 Å². The Hall–Kier alpha value is -3.84. The van der Waals surface area contributed by atoms with Crippen molar-refractivity contribution in [3.05, 3.63) is 99.9 Å². The lowest BCUT2D eigenvalue weighted by Gasteiger charge is -2.29. The van der Waals surface area contributed by atoms with Crippen LogP contribution in [0.3, 0.4) is 0 Å². The van der Waals surface area contributed by atoms with Crippen LogP contribution in [-0.4, -0.2) is 39.9 Å².